The molecule has 1 atom stereocenters. The Morgan fingerprint density at radius 1 is 0.969 bits per heavy atom. The summed E-state index contributed by atoms with van der Waals surface area (Å²) in [6, 6.07) is 20.2. The van der Waals surface area contributed by atoms with Gasteiger partial charge >= 0.3 is 0 Å². The molecule has 1 aliphatic rings. The zero-order chi connectivity index (χ0) is 22.7. The highest BCUT2D eigenvalue weighted by atomic mass is 19.1. The molecule has 32 heavy (non-hydrogen) atoms. The fraction of sp³-hybridized carbons (Fsp3) is 0.154. The molecule has 1 fully saturated rings. The second-order valence-corrected chi connectivity index (χ2v) is 7.43. The summed E-state index contributed by atoms with van der Waals surface area (Å²) in [5.74, 6) is -1.66. The predicted octanol–water partition coefficient (Wildman–Crippen LogP) is 5.24. The van der Waals surface area contributed by atoms with E-state index >= 15 is 0 Å². The van der Waals surface area contributed by atoms with E-state index in [1.807, 2.05) is 13.0 Å². The molecule has 6 heteroatoms. The molecule has 0 saturated carbocycles. The minimum atomic E-state index is -0.849. The van der Waals surface area contributed by atoms with Crippen LogP contribution in [0, 0.1) is 5.82 Å². The second kappa shape index (κ2) is 9.06. The van der Waals surface area contributed by atoms with Crippen LogP contribution >= 0.6 is 0 Å². The van der Waals surface area contributed by atoms with Crippen LogP contribution in [0.4, 0.5) is 10.1 Å². The van der Waals surface area contributed by atoms with Gasteiger partial charge in [0.1, 0.15) is 17.3 Å². The molecule has 162 valence electrons. The van der Waals surface area contributed by atoms with Crippen molar-refractivity contribution in [3.8, 4) is 5.75 Å². The van der Waals surface area contributed by atoms with Gasteiger partial charge in [-0.1, -0.05) is 37.3 Å². The van der Waals surface area contributed by atoms with E-state index in [1.165, 1.54) is 29.2 Å². The van der Waals surface area contributed by atoms with E-state index < -0.39 is 23.5 Å². The lowest BCUT2D eigenvalue weighted by molar-refractivity contribution is -0.132. The van der Waals surface area contributed by atoms with Crippen molar-refractivity contribution < 1.29 is 23.8 Å². The van der Waals surface area contributed by atoms with E-state index in [4.69, 9.17) is 4.74 Å². The minimum Gasteiger partial charge on any atom is -0.507 e. The molecule has 5 nitrogen and oxygen atoms in total. The van der Waals surface area contributed by atoms with Crippen molar-refractivity contribution in [2.24, 2.45) is 0 Å². The molecule has 1 heterocycles. The quantitative estimate of drug-likeness (QED) is 0.329. The van der Waals surface area contributed by atoms with Gasteiger partial charge < -0.3 is 9.84 Å². The number of carbonyl (C=O) groups excluding carboxylic acids is 2. The van der Waals surface area contributed by atoms with Crippen molar-refractivity contribution >= 4 is 23.1 Å². The lowest BCUT2D eigenvalue weighted by Crippen LogP contribution is -2.29. The van der Waals surface area contributed by atoms with Gasteiger partial charge in [0.2, 0.25) is 0 Å². The number of halogens is 1. The van der Waals surface area contributed by atoms with Crippen LogP contribution in [0.15, 0.2) is 84.4 Å². The summed E-state index contributed by atoms with van der Waals surface area (Å²) in [4.78, 5) is 27.4. The molecule has 0 bridgehead atoms. The van der Waals surface area contributed by atoms with Crippen molar-refractivity contribution in [2.45, 2.75) is 19.4 Å². The highest BCUT2D eigenvalue weighted by Crippen LogP contribution is 2.42. The third-order valence-electron chi connectivity index (χ3n) is 5.27. The first kappa shape index (κ1) is 21.3. The number of hydrogen-bond acceptors (Lipinski definition) is 4. The molecule has 0 radical (unpaired) electrons. The Morgan fingerprint density at radius 2 is 1.62 bits per heavy atom. The number of hydrogen-bond donors (Lipinski definition) is 1. The molecule has 0 spiro atoms. The number of carbonyl (C=O) groups is 2. The van der Waals surface area contributed by atoms with Crippen LogP contribution in [-0.4, -0.2) is 23.4 Å². The molecule has 1 N–H and O–H groups in total. The number of ether oxygens (including phenoxy) is 1. The largest absolute Gasteiger partial charge is 0.507 e. The van der Waals surface area contributed by atoms with Crippen LogP contribution < -0.4 is 9.64 Å². The van der Waals surface area contributed by atoms with Crippen molar-refractivity contribution in [3.05, 3.63) is 101 Å². The lowest BCUT2D eigenvalue weighted by atomic mass is 9.95. The third kappa shape index (κ3) is 3.99. The Balaban J connectivity index is 1.82. The molecule has 3 aromatic carbocycles. The monoisotopic (exact) mass is 431 g/mol. The van der Waals surface area contributed by atoms with Gasteiger partial charge in [-0.3, -0.25) is 14.5 Å². The summed E-state index contributed by atoms with van der Waals surface area (Å²) in [7, 11) is 0. The van der Waals surface area contributed by atoms with Crippen molar-refractivity contribution in [1.29, 1.82) is 0 Å². The van der Waals surface area contributed by atoms with Gasteiger partial charge in [0, 0.05) is 11.3 Å². The summed E-state index contributed by atoms with van der Waals surface area (Å²) in [5.41, 5.74) is 1.39. The Morgan fingerprint density at radius 3 is 2.25 bits per heavy atom. The van der Waals surface area contributed by atoms with Crippen molar-refractivity contribution in [2.75, 3.05) is 11.5 Å². The number of nitrogens with zero attached hydrogens (tertiary/aromatic N) is 1. The number of Topliss-reactive ketones (excluding diaryl/α,β-unsaturated/α-hetero) is 1. The predicted molar refractivity (Wildman–Crippen MR) is 120 cm³/mol. The average Bonchev–Trinajstić information content (AvgIpc) is 3.09. The molecule has 0 aromatic heterocycles. The van der Waals surface area contributed by atoms with E-state index in [-0.39, 0.29) is 11.3 Å². The van der Waals surface area contributed by atoms with Crippen LogP contribution in [0.5, 0.6) is 5.75 Å². The SMILES string of the molecule is CCCOc1ccc(/C(O)=C2\C(=O)C(=O)N(c3ccc(F)cc3)C2c2ccccc2)cc1. The topological polar surface area (TPSA) is 66.8 Å². The fourth-order valence-electron chi connectivity index (χ4n) is 3.74. The number of ketones is 1. The molecule has 0 aliphatic carbocycles. The maximum atomic E-state index is 13.5. The summed E-state index contributed by atoms with van der Waals surface area (Å²) in [6.07, 6.45) is 0.867. The van der Waals surface area contributed by atoms with Crippen LogP contribution in [0.1, 0.15) is 30.5 Å². The van der Waals surface area contributed by atoms with E-state index in [2.05, 4.69) is 0 Å². The van der Waals surface area contributed by atoms with E-state index in [0.29, 0.717) is 29.2 Å². The Hall–Kier alpha value is -3.93. The van der Waals surface area contributed by atoms with Gasteiger partial charge in [-0.25, -0.2) is 4.39 Å². The molecular formula is C26H22FNO4. The van der Waals surface area contributed by atoms with E-state index in [9.17, 15) is 19.1 Å². The van der Waals surface area contributed by atoms with Crippen molar-refractivity contribution in [3.63, 3.8) is 0 Å². The second-order valence-electron chi connectivity index (χ2n) is 7.43. The number of anilines is 1. The zero-order valence-electron chi connectivity index (χ0n) is 17.5. The Labute approximate surface area is 185 Å². The fourth-order valence-corrected chi connectivity index (χ4v) is 3.74. The number of aliphatic hydroxyl groups is 1. The minimum absolute atomic E-state index is 0.0206. The highest BCUT2D eigenvalue weighted by Gasteiger charge is 2.46. The van der Waals surface area contributed by atoms with Crippen LogP contribution in [-0.2, 0) is 9.59 Å². The number of benzene rings is 3. The van der Waals surface area contributed by atoms with Gasteiger partial charge in [-0.05, 0) is 60.5 Å². The molecule has 3 aromatic rings. The first-order valence-electron chi connectivity index (χ1n) is 10.4. The number of rotatable bonds is 6. The lowest BCUT2D eigenvalue weighted by Gasteiger charge is -2.25. The molecule has 4 rings (SSSR count). The van der Waals surface area contributed by atoms with Gasteiger partial charge in [-0.2, -0.15) is 0 Å². The summed E-state index contributed by atoms with van der Waals surface area (Å²) in [6.45, 7) is 2.58. The van der Waals surface area contributed by atoms with E-state index in [0.717, 1.165) is 6.42 Å². The van der Waals surface area contributed by atoms with Gasteiger partial charge in [0.05, 0.1) is 18.2 Å². The molecular weight excluding hydrogens is 409 g/mol. The Kier molecular flexibility index (Phi) is 6.03. The summed E-state index contributed by atoms with van der Waals surface area (Å²) >= 11 is 0. The standard InChI is InChI=1S/C26H22FNO4/c1-2-16-32-21-14-8-18(9-15-21)24(29)22-23(17-6-4-3-5-7-17)28(26(31)25(22)30)20-12-10-19(27)11-13-20/h3-15,23,29H,2,16H2,1H3/b24-22+. The molecule has 1 amide bonds. The maximum Gasteiger partial charge on any atom is 0.300 e. The van der Waals surface area contributed by atoms with Crippen molar-refractivity contribution in [1.82, 2.24) is 0 Å². The molecule has 1 saturated heterocycles. The third-order valence-corrected chi connectivity index (χ3v) is 5.27. The van der Waals surface area contributed by atoms with Gasteiger partial charge in [0.25, 0.3) is 11.7 Å². The van der Waals surface area contributed by atoms with E-state index in [1.54, 1.807) is 48.5 Å². The highest BCUT2D eigenvalue weighted by molar-refractivity contribution is 6.51. The maximum absolute atomic E-state index is 13.5. The number of aliphatic hydroxyl groups excluding tert-OH is 1. The molecule has 1 unspecified atom stereocenters. The average molecular weight is 431 g/mol. The van der Waals surface area contributed by atoms with Crippen LogP contribution in [0.3, 0.4) is 0 Å². The normalized spacial score (nSPS) is 17.6. The zero-order valence-corrected chi connectivity index (χ0v) is 17.5. The Bertz CT molecular complexity index is 1150. The summed E-state index contributed by atoms with van der Waals surface area (Å²) in [5, 5.41) is 11.1. The molecule has 1 aliphatic heterocycles. The smallest absolute Gasteiger partial charge is 0.300 e. The van der Waals surface area contributed by atoms with Gasteiger partial charge in [0.15, 0.2) is 0 Å². The first-order valence-corrected chi connectivity index (χ1v) is 10.4. The summed E-state index contributed by atoms with van der Waals surface area (Å²) < 4.78 is 19.0. The van der Waals surface area contributed by atoms with Crippen LogP contribution in [0.2, 0.25) is 0 Å². The number of amides is 1. The van der Waals surface area contributed by atoms with Crippen LogP contribution in [0.25, 0.3) is 5.76 Å². The van der Waals surface area contributed by atoms with Gasteiger partial charge in [-0.15, -0.1) is 0 Å². The first-order chi connectivity index (χ1) is 15.5.